The highest BCUT2D eigenvalue weighted by molar-refractivity contribution is 9.10. The van der Waals surface area contributed by atoms with Crippen LogP contribution in [-0.2, 0) is 11.3 Å². The predicted molar refractivity (Wildman–Crippen MR) is 50.3 cm³/mol. The number of hydrogen-bond acceptors (Lipinski definition) is 3. The van der Waals surface area contributed by atoms with Crippen LogP contribution in [0.25, 0.3) is 0 Å². The summed E-state index contributed by atoms with van der Waals surface area (Å²) in [6.07, 6.45) is 0. The molecule has 1 aromatic rings. The molecule has 0 spiro atoms. The molecular formula is C8H10BrNO3. The largest absolute Gasteiger partial charge is 0.480 e. The molecule has 0 amide bonds. The first-order valence-electron chi connectivity index (χ1n) is 3.80. The second kappa shape index (κ2) is 4.43. The molecule has 4 nitrogen and oxygen atoms in total. The first-order valence-corrected chi connectivity index (χ1v) is 4.59. The van der Waals surface area contributed by atoms with Crippen molar-refractivity contribution < 1.29 is 14.3 Å². The zero-order valence-corrected chi connectivity index (χ0v) is 8.67. The van der Waals surface area contributed by atoms with Crippen LogP contribution in [0.2, 0.25) is 0 Å². The first-order chi connectivity index (χ1) is 6.09. The fraction of sp³-hybridized carbons (Fsp3) is 0.375. The summed E-state index contributed by atoms with van der Waals surface area (Å²) in [5, 5.41) is 11.4. The van der Waals surface area contributed by atoms with E-state index in [1.54, 1.807) is 19.1 Å². The Hall–Kier alpha value is -0.810. The van der Waals surface area contributed by atoms with E-state index in [0.29, 0.717) is 17.0 Å². The molecule has 1 atom stereocenters. The van der Waals surface area contributed by atoms with E-state index in [4.69, 9.17) is 9.52 Å². The third-order valence-corrected chi connectivity index (χ3v) is 2.01. The van der Waals surface area contributed by atoms with Gasteiger partial charge in [-0.1, -0.05) is 0 Å². The number of halogens is 1. The number of aliphatic carboxylic acids is 1. The number of rotatable bonds is 4. The average Bonchev–Trinajstić information content (AvgIpc) is 2.47. The molecule has 13 heavy (non-hydrogen) atoms. The van der Waals surface area contributed by atoms with Crippen LogP contribution in [-0.4, -0.2) is 17.1 Å². The van der Waals surface area contributed by atoms with E-state index < -0.39 is 12.0 Å². The maximum atomic E-state index is 10.4. The summed E-state index contributed by atoms with van der Waals surface area (Å²) in [6.45, 7) is 2.00. The Bertz CT molecular complexity index is 297. The van der Waals surface area contributed by atoms with Crippen LogP contribution in [0.1, 0.15) is 12.7 Å². The molecule has 0 aliphatic carbocycles. The van der Waals surface area contributed by atoms with Crippen molar-refractivity contribution >= 4 is 21.9 Å². The molecule has 1 heterocycles. The van der Waals surface area contributed by atoms with Gasteiger partial charge < -0.3 is 9.52 Å². The summed E-state index contributed by atoms with van der Waals surface area (Å²) >= 11 is 3.16. The Morgan fingerprint density at radius 3 is 2.92 bits per heavy atom. The van der Waals surface area contributed by atoms with Gasteiger partial charge in [-0.3, -0.25) is 10.1 Å². The lowest BCUT2D eigenvalue weighted by Gasteiger charge is -2.06. The summed E-state index contributed by atoms with van der Waals surface area (Å²) in [7, 11) is 0. The molecule has 0 bridgehead atoms. The van der Waals surface area contributed by atoms with Crippen LogP contribution >= 0.6 is 15.9 Å². The molecule has 0 saturated carbocycles. The molecule has 0 aliphatic heterocycles. The minimum absolute atomic E-state index is 0.416. The van der Waals surface area contributed by atoms with Gasteiger partial charge in [0, 0.05) is 0 Å². The summed E-state index contributed by atoms with van der Waals surface area (Å²) < 4.78 is 5.82. The van der Waals surface area contributed by atoms with E-state index in [2.05, 4.69) is 21.2 Å². The number of hydrogen-bond donors (Lipinski definition) is 2. The lowest BCUT2D eigenvalue weighted by Crippen LogP contribution is -2.32. The number of carboxylic acid groups (broad SMARTS) is 1. The van der Waals surface area contributed by atoms with Crippen molar-refractivity contribution in [3.8, 4) is 0 Å². The first kappa shape index (κ1) is 10.3. The summed E-state index contributed by atoms with van der Waals surface area (Å²) in [6, 6.07) is 2.98. The highest BCUT2D eigenvalue weighted by atomic mass is 79.9. The lowest BCUT2D eigenvalue weighted by atomic mass is 10.3. The third-order valence-electron chi connectivity index (χ3n) is 1.58. The molecule has 0 aromatic carbocycles. The van der Waals surface area contributed by atoms with Crippen molar-refractivity contribution in [2.75, 3.05) is 0 Å². The molecule has 72 valence electrons. The molecule has 1 rings (SSSR count). The number of nitrogens with one attached hydrogen (secondary N) is 1. The number of furan rings is 1. The third kappa shape index (κ3) is 3.20. The van der Waals surface area contributed by atoms with Gasteiger partial charge in [-0.25, -0.2) is 0 Å². The van der Waals surface area contributed by atoms with Crippen molar-refractivity contribution in [1.29, 1.82) is 0 Å². The Labute approximate surface area is 84.1 Å². The van der Waals surface area contributed by atoms with Crippen molar-refractivity contribution in [2.45, 2.75) is 19.5 Å². The Balaban J connectivity index is 2.39. The van der Waals surface area contributed by atoms with Crippen LogP contribution in [0.3, 0.4) is 0 Å². The molecule has 0 fully saturated rings. The summed E-state index contributed by atoms with van der Waals surface area (Å²) in [5.41, 5.74) is 0. The van der Waals surface area contributed by atoms with Gasteiger partial charge in [-0.15, -0.1) is 0 Å². The predicted octanol–water partition coefficient (Wildman–Crippen LogP) is 1.60. The zero-order chi connectivity index (χ0) is 9.84. The highest BCUT2D eigenvalue weighted by Gasteiger charge is 2.10. The van der Waals surface area contributed by atoms with Crippen molar-refractivity contribution in [1.82, 2.24) is 5.32 Å². The summed E-state index contributed by atoms with van der Waals surface area (Å²) in [4.78, 5) is 10.4. The van der Waals surface area contributed by atoms with Crippen molar-refractivity contribution in [3.63, 3.8) is 0 Å². The van der Waals surface area contributed by atoms with Crippen LogP contribution < -0.4 is 5.32 Å². The Morgan fingerprint density at radius 2 is 2.46 bits per heavy atom. The number of carbonyl (C=O) groups is 1. The quantitative estimate of drug-likeness (QED) is 0.849. The van der Waals surface area contributed by atoms with Gasteiger partial charge >= 0.3 is 5.97 Å². The standard InChI is InChI=1S/C8H10BrNO3/c1-5(8(11)12)10-4-6-2-3-7(9)13-6/h2-3,5,10H,4H2,1H3,(H,11,12)/t5-/m0/s1. The molecule has 0 unspecified atom stereocenters. The van der Waals surface area contributed by atoms with Gasteiger partial charge in [0.25, 0.3) is 0 Å². The van der Waals surface area contributed by atoms with Crippen LogP contribution in [0.4, 0.5) is 0 Å². The molecule has 0 radical (unpaired) electrons. The monoisotopic (exact) mass is 247 g/mol. The topological polar surface area (TPSA) is 62.5 Å². The molecular weight excluding hydrogens is 238 g/mol. The van der Waals surface area contributed by atoms with E-state index >= 15 is 0 Å². The fourth-order valence-corrected chi connectivity index (χ4v) is 1.13. The highest BCUT2D eigenvalue weighted by Crippen LogP contribution is 2.13. The second-order valence-electron chi connectivity index (χ2n) is 2.65. The second-order valence-corrected chi connectivity index (χ2v) is 3.43. The maximum Gasteiger partial charge on any atom is 0.320 e. The zero-order valence-electron chi connectivity index (χ0n) is 7.08. The van der Waals surface area contributed by atoms with Crippen LogP contribution in [0.5, 0.6) is 0 Å². The molecule has 2 N–H and O–H groups in total. The Morgan fingerprint density at radius 1 is 1.77 bits per heavy atom. The SMILES string of the molecule is C[C@H](NCc1ccc(Br)o1)C(=O)O. The van der Waals surface area contributed by atoms with Crippen molar-refractivity contribution in [3.05, 3.63) is 22.6 Å². The molecule has 5 heteroatoms. The van der Waals surface area contributed by atoms with Crippen LogP contribution in [0.15, 0.2) is 21.2 Å². The van der Waals surface area contributed by atoms with Gasteiger partial charge in [-0.2, -0.15) is 0 Å². The van der Waals surface area contributed by atoms with E-state index in [1.165, 1.54) is 0 Å². The maximum absolute atomic E-state index is 10.4. The van der Waals surface area contributed by atoms with Gasteiger partial charge in [0.2, 0.25) is 0 Å². The van der Waals surface area contributed by atoms with Crippen LogP contribution in [0, 0.1) is 0 Å². The molecule has 0 saturated heterocycles. The van der Waals surface area contributed by atoms with Crippen molar-refractivity contribution in [2.24, 2.45) is 0 Å². The Kier molecular flexibility index (Phi) is 3.50. The molecule has 0 aliphatic rings. The average molecular weight is 248 g/mol. The van der Waals surface area contributed by atoms with E-state index in [1.807, 2.05) is 0 Å². The summed E-state index contributed by atoms with van der Waals surface area (Å²) in [5.74, 6) is -0.161. The minimum atomic E-state index is -0.870. The smallest absolute Gasteiger partial charge is 0.320 e. The van der Waals surface area contributed by atoms with Gasteiger partial charge in [0.15, 0.2) is 4.67 Å². The van der Waals surface area contributed by atoms with Gasteiger partial charge in [0.1, 0.15) is 11.8 Å². The normalized spacial score (nSPS) is 12.8. The minimum Gasteiger partial charge on any atom is -0.480 e. The van der Waals surface area contributed by atoms with E-state index in [9.17, 15) is 4.79 Å². The van der Waals surface area contributed by atoms with E-state index in [-0.39, 0.29) is 0 Å². The van der Waals surface area contributed by atoms with Gasteiger partial charge in [-0.05, 0) is 35.0 Å². The molecule has 1 aromatic heterocycles. The van der Waals surface area contributed by atoms with E-state index in [0.717, 1.165) is 0 Å². The lowest BCUT2D eigenvalue weighted by molar-refractivity contribution is -0.139. The number of carboxylic acids is 1. The van der Waals surface area contributed by atoms with Gasteiger partial charge in [0.05, 0.1) is 6.54 Å². The fourth-order valence-electron chi connectivity index (χ4n) is 0.788.